The van der Waals surface area contributed by atoms with Crippen LogP contribution in [0.4, 0.5) is 0 Å². The predicted octanol–water partition coefficient (Wildman–Crippen LogP) is -0.273. The van der Waals surface area contributed by atoms with Crippen molar-refractivity contribution in [2.75, 3.05) is 6.61 Å². The van der Waals surface area contributed by atoms with Gasteiger partial charge in [0, 0.05) is 0 Å². The molecule has 0 aliphatic carbocycles. The third kappa shape index (κ3) is 3.36. The first kappa shape index (κ1) is 9.64. The minimum absolute atomic E-state index is 0.0940. The zero-order chi connectivity index (χ0) is 8.85. The van der Waals surface area contributed by atoms with Crippen molar-refractivity contribution < 1.29 is 24.5 Å². The molecular weight excluding hydrogens is 152 g/mol. The molecule has 5 heteroatoms. The molecule has 0 atom stereocenters. The Morgan fingerprint density at radius 1 is 1.45 bits per heavy atom. The lowest BCUT2D eigenvalue weighted by Gasteiger charge is -2.05. The summed E-state index contributed by atoms with van der Waals surface area (Å²) in [5.74, 6) is -3.03. The van der Waals surface area contributed by atoms with Crippen molar-refractivity contribution in [3.63, 3.8) is 0 Å². The van der Waals surface area contributed by atoms with Crippen molar-refractivity contribution in [2.24, 2.45) is 0 Å². The highest BCUT2D eigenvalue weighted by molar-refractivity contribution is 5.95. The predicted molar refractivity (Wildman–Crippen MR) is 35.2 cm³/mol. The molecule has 11 heavy (non-hydrogen) atoms. The summed E-state index contributed by atoms with van der Waals surface area (Å²) in [6.45, 7) is 3.15. The SMILES string of the molecule is C=CCOC(C(=O)O)C(=O)O. The van der Waals surface area contributed by atoms with Gasteiger partial charge in [-0.3, -0.25) is 0 Å². The van der Waals surface area contributed by atoms with Crippen LogP contribution in [-0.2, 0) is 14.3 Å². The van der Waals surface area contributed by atoms with Crippen molar-refractivity contribution in [2.45, 2.75) is 6.10 Å². The number of rotatable bonds is 5. The molecule has 0 saturated heterocycles. The Labute approximate surface area is 62.9 Å². The molecule has 0 fully saturated rings. The molecule has 0 aromatic heterocycles. The van der Waals surface area contributed by atoms with Crippen LogP contribution >= 0.6 is 0 Å². The van der Waals surface area contributed by atoms with Crippen LogP contribution in [0.1, 0.15) is 0 Å². The Kier molecular flexibility index (Phi) is 3.90. The summed E-state index contributed by atoms with van der Waals surface area (Å²) >= 11 is 0. The molecule has 2 N–H and O–H groups in total. The second-order valence-corrected chi connectivity index (χ2v) is 1.68. The normalized spacial score (nSPS) is 9.55. The quantitative estimate of drug-likeness (QED) is 0.427. The van der Waals surface area contributed by atoms with E-state index >= 15 is 0 Å². The number of carboxylic acids is 2. The minimum atomic E-state index is -1.80. The van der Waals surface area contributed by atoms with Gasteiger partial charge in [-0.25, -0.2) is 9.59 Å². The van der Waals surface area contributed by atoms with Crippen LogP contribution in [0, 0.1) is 0 Å². The van der Waals surface area contributed by atoms with Crippen LogP contribution in [0.25, 0.3) is 0 Å². The van der Waals surface area contributed by atoms with Gasteiger partial charge >= 0.3 is 11.9 Å². The molecule has 0 saturated carbocycles. The van der Waals surface area contributed by atoms with Crippen molar-refractivity contribution in [3.05, 3.63) is 12.7 Å². The average Bonchev–Trinajstić information content (AvgIpc) is 1.87. The second-order valence-electron chi connectivity index (χ2n) is 1.68. The fourth-order valence-electron chi connectivity index (χ4n) is 0.412. The molecule has 0 radical (unpaired) electrons. The molecule has 0 aromatic carbocycles. The van der Waals surface area contributed by atoms with Gasteiger partial charge in [0.15, 0.2) is 0 Å². The molecule has 0 amide bonds. The summed E-state index contributed by atoms with van der Waals surface area (Å²) in [6, 6.07) is 0. The zero-order valence-electron chi connectivity index (χ0n) is 5.69. The van der Waals surface area contributed by atoms with Crippen LogP contribution in [0.5, 0.6) is 0 Å². The number of aliphatic carboxylic acids is 2. The molecule has 0 heterocycles. The Hall–Kier alpha value is -1.36. The second kappa shape index (κ2) is 4.45. The van der Waals surface area contributed by atoms with E-state index in [4.69, 9.17) is 10.2 Å². The molecule has 5 nitrogen and oxygen atoms in total. The average molecular weight is 160 g/mol. The largest absolute Gasteiger partial charge is 0.479 e. The van der Waals surface area contributed by atoms with E-state index in [0.29, 0.717) is 0 Å². The molecule has 0 aliphatic heterocycles. The standard InChI is InChI=1S/C6H8O5/c1-2-3-11-4(5(7)8)6(9)10/h2,4H,1,3H2,(H,7,8)(H,9,10). The summed E-state index contributed by atoms with van der Waals surface area (Å²) in [7, 11) is 0. The van der Waals surface area contributed by atoms with E-state index in [0.717, 1.165) is 0 Å². The van der Waals surface area contributed by atoms with Crippen molar-refractivity contribution in [1.82, 2.24) is 0 Å². The Balaban J connectivity index is 4.00. The fourth-order valence-corrected chi connectivity index (χ4v) is 0.412. The van der Waals surface area contributed by atoms with Crippen LogP contribution < -0.4 is 0 Å². The molecule has 0 aliphatic rings. The first-order valence-electron chi connectivity index (χ1n) is 2.77. The van der Waals surface area contributed by atoms with Gasteiger partial charge in [-0.05, 0) is 0 Å². The maximum absolute atomic E-state index is 10.1. The molecule has 0 bridgehead atoms. The topological polar surface area (TPSA) is 83.8 Å². The Morgan fingerprint density at radius 3 is 2.18 bits per heavy atom. The van der Waals surface area contributed by atoms with Gasteiger partial charge in [-0.15, -0.1) is 6.58 Å². The molecule has 0 aromatic rings. The van der Waals surface area contributed by atoms with Gasteiger partial charge < -0.3 is 14.9 Å². The minimum Gasteiger partial charge on any atom is -0.479 e. The lowest BCUT2D eigenvalue weighted by atomic mass is 10.4. The van der Waals surface area contributed by atoms with E-state index in [1.807, 2.05) is 0 Å². The van der Waals surface area contributed by atoms with E-state index < -0.39 is 18.0 Å². The summed E-state index contributed by atoms with van der Waals surface area (Å²) in [5.41, 5.74) is 0. The molecule has 62 valence electrons. The summed E-state index contributed by atoms with van der Waals surface area (Å²) in [4.78, 5) is 20.2. The highest BCUT2D eigenvalue weighted by atomic mass is 16.5. The number of hydrogen-bond donors (Lipinski definition) is 2. The molecule has 0 rings (SSSR count). The third-order valence-electron chi connectivity index (χ3n) is 0.829. The number of ether oxygens (including phenoxy) is 1. The number of carbonyl (C=O) groups is 2. The van der Waals surface area contributed by atoms with E-state index in [2.05, 4.69) is 11.3 Å². The van der Waals surface area contributed by atoms with E-state index in [9.17, 15) is 9.59 Å². The Morgan fingerprint density at radius 2 is 1.91 bits per heavy atom. The van der Waals surface area contributed by atoms with E-state index in [-0.39, 0.29) is 6.61 Å². The molecule has 0 unspecified atom stereocenters. The number of carboxylic acid groups (broad SMARTS) is 2. The lowest BCUT2D eigenvalue weighted by Crippen LogP contribution is -2.32. The summed E-state index contributed by atoms with van der Waals surface area (Å²) in [5, 5.41) is 16.5. The third-order valence-corrected chi connectivity index (χ3v) is 0.829. The fraction of sp³-hybridized carbons (Fsp3) is 0.333. The Bertz CT molecular complexity index is 160. The zero-order valence-corrected chi connectivity index (χ0v) is 5.69. The van der Waals surface area contributed by atoms with Crippen molar-refractivity contribution in [1.29, 1.82) is 0 Å². The lowest BCUT2D eigenvalue weighted by molar-refractivity contribution is -0.164. The highest BCUT2D eigenvalue weighted by Crippen LogP contribution is 1.92. The van der Waals surface area contributed by atoms with E-state index in [1.165, 1.54) is 6.08 Å². The van der Waals surface area contributed by atoms with Crippen LogP contribution in [0.15, 0.2) is 12.7 Å². The maximum Gasteiger partial charge on any atom is 0.344 e. The monoisotopic (exact) mass is 160 g/mol. The highest BCUT2D eigenvalue weighted by Gasteiger charge is 2.25. The molecular formula is C6H8O5. The van der Waals surface area contributed by atoms with Gasteiger partial charge in [-0.1, -0.05) is 6.08 Å². The van der Waals surface area contributed by atoms with Crippen LogP contribution in [0.3, 0.4) is 0 Å². The smallest absolute Gasteiger partial charge is 0.344 e. The van der Waals surface area contributed by atoms with Gasteiger partial charge in [0.1, 0.15) is 0 Å². The van der Waals surface area contributed by atoms with Gasteiger partial charge in [-0.2, -0.15) is 0 Å². The van der Waals surface area contributed by atoms with Gasteiger partial charge in [0.05, 0.1) is 6.61 Å². The van der Waals surface area contributed by atoms with Gasteiger partial charge in [0.25, 0.3) is 6.10 Å². The van der Waals surface area contributed by atoms with Crippen LogP contribution in [0.2, 0.25) is 0 Å². The first-order chi connectivity index (χ1) is 5.09. The van der Waals surface area contributed by atoms with E-state index in [1.54, 1.807) is 0 Å². The van der Waals surface area contributed by atoms with Crippen molar-refractivity contribution >= 4 is 11.9 Å². The summed E-state index contributed by atoms with van der Waals surface area (Å²) < 4.78 is 4.40. The summed E-state index contributed by atoms with van der Waals surface area (Å²) in [6.07, 6.45) is -0.521. The van der Waals surface area contributed by atoms with Crippen LogP contribution in [-0.4, -0.2) is 34.9 Å². The molecule has 0 spiro atoms. The first-order valence-corrected chi connectivity index (χ1v) is 2.77. The number of hydrogen-bond acceptors (Lipinski definition) is 3. The maximum atomic E-state index is 10.1. The van der Waals surface area contributed by atoms with Crippen molar-refractivity contribution in [3.8, 4) is 0 Å². The van der Waals surface area contributed by atoms with Gasteiger partial charge in [0.2, 0.25) is 0 Å².